The van der Waals surface area contributed by atoms with E-state index in [-0.39, 0.29) is 18.9 Å². The van der Waals surface area contributed by atoms with E-state index in [1.807, 2.05) is 54.6 Å². The second-order valence-corrected chi connectivity index (χ2v) is 3.43. The summed E-state index contributed by atoms with van der Waals surface area (Å²) in [5.74, 6) is 1.67. The van der Waals surface area contributed by atoms with Gasteiger partial charge in [-0.05, 0) is 36.4 Å². The molecule has 0 aliphatic rings. The van der Waals surface area contributed by atoms with Crippen LogP contribution in [0.4, 0.5) is 0 Å². The first-order valence-corrected chi connectivity index (χ1v) is 4.81. The van der Waals surface area contributed by atoms with Gasteiger partial charge in [-0.25, -0.2) is 0 Å². The second-order valence-electron chi connectivity index (χ2n) is 2.91. The molecule has 1 nitrogen and oxygen atoms in total. The zero-order chi connectivity index (χ0) is 9.80. The van der Waals surface area contributed by atoms with Crippen LogP contribution in [0.3, 0.4) is 0 Å². The number of benzene rings is 2. The van der Waals surface area contributed by atoms with Crippen molar-refractivity contribution in [2.24, 2.45) is 0 Å². The fraction of sp³-hybridized carbons (Fsp3) is 0. The van der Waals surface area contributed by atoms with Gasteiger partial charge in [-0.1, -0.05) is 18.2 Å². The van der Waals surface area contributed by atoms with E-state index in [0.717, 1.165) is 16.4 Å². The standard InChI is InChI=1S/C12H10OS.Li.H/c14-12-8-6-11(7-9-12)13-10-4-2-1-3-5-10;;/h1-9,14H;;. The van der Waals surface area contributed by atoms with Crippen molar-refractivity contribution in [3.05, 3.63) is 54.6 Å². The Balaban J connectivity index is 0.00000112. The van der Waals surface area contributed by atoms with E-state index in [0.29, 0.717) is 0 Å². The number of ether oxygens (including phenoxy) is 1. The summed E-state index contributed by atoms with van der Waals surface area (Å²) in [5.41, 5.74) is 0. The molecule has 0 aromatic heterocycles. The van der Waals surface area contributed by atoms with E-state index in [2.05, 4.69) is 12.6 Å². The van der Waals surface area contributed by atoms with Crippen LogP contribution in [0.1, 0.15) is 0 Å². The van der Waals surface area contributed by atoms with E-state index in [4.69, 9.17) is 4.74 Å². The van der Waals surface area contributed by atoms with Crippen molar-refractivity contribution >= 4 is 31.5 Å². The molecule has 0 amide bonds. The molecule has 0 bridgehead atoms. The number of hydrogen-bond donors (Lipinski definition) is 1. The third-order valence-corrected chi connectivity index (χ3v) is 2.11. The van der Waals surface area contributed by atoms with Gasteiger partial charge in [0, 0.05) is 4.90 Å². The predicted molar refractivity (Wildman–Crippen MR) is 67.4 cm³/mol. The molecule has 0 spiro atoms. The summed E-state index contributed by atoms with van der Waals surface area (Å²) in [6, 6.07) is 17.3. The number of rotatable bonds is 2. The molecule has 0 atom stereocenters. The molecular weight excluding hydrogens is 199 g/mol. The Hall–Kier alpha value is -0.813. The molecule has 15 heavy (non-hydrogen) atoms. The Morgan fingerprint density at radius 3 is 1.87 bits per heavy atom. The molecule has 0 saturated heterocycles. The van der Waals surface area contributed by atoms with Crippen LogP contribution in [-0.2, 0) is 0 Å². The molecule has 72 valence electrons. The number of hydrogen-bond acceptors (Lipinski definition) is 2. The summed E-state index contributed by atoms with van der Waals surface area (Å²) >= 11 is 4.20. The zero-order valence-electron chi connectivity index (χ0n) is 7.55. The van der Waals surface area contributed by atoms with Gasteiger partial charge in [0.2, 0.25) is 0 Å². The fourth-order valence-corrected chi connectivity index (χ4v) is 1.29. The summed E-state index contributed by atoms with van der Waals surface area (Å²) in [5, 5.41) is 0. The van der Waals surface area contributed by atoms with Gasteiger partial charge in [0.25, 0.3) is 0 Å². The summed E-state index contributed by atoms with van der Waals surface area (Å²) in [4.78, 5) is 0.936. The Kier molecular flexibility index (Phi) is 4.84. The van der Waals surface area contributed by atoms with Crippen LogP contribution >= 0.6 is 12.6 Å². The molecule has 0 aliphatic heterocycles. The average molecular weight is 210 g/mol. The van der Waals surface area contributed by atoms with Crippen molar-refractivity contribution < 1.29 is 4.74 Å². The van der Waals surface area contributed by atoms with Crippen molar-refractivity contribution in [2.75, 3.05) is 0 Å². The molecule has 2 rings (SSSR count). The second kappa shape index (κ2) is 5.92. The quantitative estimate of drug-likeness (QED) is 0.592. The van der Waals surface area contributed by atoms with Gasteiger partial charge in [-0.2, -0.15) is 0 Å². The summed E-state index contributed by atoms with van der Waals surface area (Å²) in [7, 11) is 0. The minimum atomic E-state index is 0. The van der Waals surface area contributed by atoms with Gasteiger partial charge < -0.3 is 4.74 Å². The Labute approximate surface area is 107 Å². The summed E-state index contributed by atoms with van der Waals surface area (Å²) in [6.07, 6.45) is 0. The number of para-hydroxylation sites is 1. The van der Waals surface area contributed by atoms with Gasteiger partial charge in [0.1, 0.15) is 11.5 Å². The summed E-state index contributed by atoms with van der Waals surface area (Å²) in [6.45, 7) is 0. The van der Waals surface area contributed by atoms with Crippen LogP contribution in [-0.4, -0.2) is 18.9 Å². The first-order chi connectivity index (χ1) is 6.84. The van der Waals surface area contributed by atoms with Crippen molar-refractivity contribution in [2.45, 2.75) is 4.90 Å². The SMILES string of the molecule is Sc1ccc(Oc2ccccc2)cc1.[LiH]. The zero-order valence-corrected chi connectivity index (χ0v) is 8.45. The van der Waals surface area contributed by atoms with Gasteiger partial charge in [0.15, 0.2) is 0 Å². The van der Waals surface area contributed by atoms with Crippen LogP contribution in [0.5, 0.6) is 11.5 Å². The molecule has 2 aromatic rings. The van der Waals surface area contributed by atoms with Crippen LogP contribution in [0.15, 0.2) is 59.5 Å². The predicted octanol–water partition coefficient (Wildman–Crippen LogP) is 3.12. The Bertz CT molecular complexity index is 400. The van der Waals surface area contributed by atoms with E-state index >= 15 is 0 Å². The monoisotopic (exact) mass is 210 g/mol. The molecule has 3 heteroatoms. The molecule has 0 saturated carbocycles. The van der Waals surface area contributed by atoms with E-state index in [1.165, 1.54) is 0 Å². The van der Waals surface area contributed by atoms with Gasteiger partial charge >= 0.3 is 18.9 Å². The van der Waals surface area contributed by atoms with Crippen molar-refractivity contribution in [3.8, 4) is 11.5 Å². The van der Waals surface area contributed by atoms with Crippen LogP contribution in [0.2, 0.25) is 0 Å². The van der Waals surface area contributed by atoms with E-state index in [9.17, 15) is 0 Å². The number of thiol groups is 1. The minimum absolute atomic E-state index is 0. The molecular formula is C12H11LiOS. The van der Waals surface area contributed by atoms with Crippen molar-refractivity contribution in [3.63, 3.8) is 0 Å². The maximum absolute atomic E-state index is 5.60. The Morgan fingerprint density at radius 2 is 1.27 bits per heavy atom. The van der Waals surface area contributed by atoms with Crippen LogP contribution < -0.4 is 4.74 Å². The molecule has 0 heterocycles. The molecule has 0 aliphatic carbocycles. The summed E-state index contributed by atoms with van der Waals surface area (Å²) < 4.78 is 5.60. The molecule has 2 aromatic carbocycles. The van der Waals surface area contributed by atoms with Gasteiger partial charge in [0.05, 0.1) is 0 Å². The maximum atomic E-state index is 5.60. The third-order valence-electron chi connectivity index (χ3n) is 1.82. The molecule has 0 radical (unpaired) electrons. The first kappa shape index (κ1) is 12.3. The molecule has 0 N–H and O–H groups in total. The fourth-order valence-electron chi connectivity index (χ4n) is 1.14. The normalized spacial score (nSPS) is 9.13. The van der Waals surface area contributed by atoms with Gasteiger partial charge in [-0.15, -0.1) is 12.6 Å². The van der Waals surface area contributed by atoms with Crippen molar-refractivity contribution in [1.29, 1.82) is 0 Å². The third kappa shape index (κ3) is 3.68. The molecule has 0 fully saturated rings. The van der Waals surface area contributed by atoms with E-state index in [1.54, 1.807) is 0 Å². The van der Waals surface area contributed by atoms with E-state index < -0.39 is 0 Å². The van der Waals surface area contributed by atoms with Crippen LogP contribution in [0.25, 0.3) is 0 Å². The Morgan fingerprint density at radius 1 is 0.733 bits per heavy atom. The van der Waals surface area contributed by atoms with Crippen LogP contribution in [0, 0.1) is 0 Å². The molecule has 0 unspecified atom stereocenters. The van der Waals surface area contributed by atoms with Gasteiger partial charge in [-0.3, -0.25) is 0 Å². The topological polar surface area (TPSA) is 9.23 Å². The first-order valence-electron chi connectivity index (χ1n) is 4.36. The average Bonchev–Trinajstić information content (AvgIpc) is 2.23. The van der Waals surface area contributed by atoms with Crippen molar-refractivity contribution in [1.82, 2.24) is 0 Å².